The van der Waals surface area contributed by atoms with Gasteiger partial charge in [-0.1, -0.05) is 0 Å². The number of carbonyl (C=O) groups is 2. The number of Topliss-reactive ketones (excluding diaryl/α,β-unsaturated/α-hetero) is 1. The van der Waals surface area contributed by atoms with E-state index in [4.69, 9.17) is 14.2 Å². The molecule has 0 fully saturated rings. The number of carbonyl (C=O) groups excluding carboxylic acids is 2. The van der Waals surface area contributed by atoms with Gasteiger partial charge >= 0.3 is 6.09 Å². The molecule has 3 rings (SSSR count). The number of nitrogens with one attached hydrogen (secondary N) is 1. The standard InChI is InChI=1S/C23H27FN4O5/c1-14(29)18-13-26-28-10-8-20(27-21(18)28)32-15(2)17-12-16(24)6-7-19(17)31-11-9-25-22(30)33-23(3,4)5/h6-8,10,12-13,15H,9,11H2,1-5H3,(H,25,30). The Morgan fingerprint density at radius 1 is 1.24 bits per heavy atom. The van der Waals surface area contributed by atoms with Gasteiger partial charge in [-0.15, -0.1) is 0 Å². The lowest BCUT2D eigenvalue weighted by Crippen LogP contribution is -2.34. The van der Waals surface area contributed by atoms with Crippen molar-refractivity contribution in [2.75, 3.05) is 13.2 Å². The van der Waals surface area contributed by atoms with Crippen LogP contribution in [0.4, 0.5) is 9.18 Å². The first-order valence-corrected chi connectivity index (χ1v) is 10.4. The maximum absolute atomic E-state index is 14.0. The fraction of sp³-hybridized carbons (Fsp3) is 0.391. The van der Waals surface area contributed by atoms with Gasteiger partial charge in [0.05, 0.1) is 18.3 Å². The van der Waals surface area contributed by atoms with E-state index in [-0.39, 0.29) is 24.8 Å². The number of hydrogen-bond donors (Lipinski definition) is 1. The van der Waals surface area contributed by atoms with Crippen molar-refractivity contribution in [3.8, 4) is 11.6 Å². The quantitative estimate of drug-likeness (QED) is 0.400. The summed E-state index contributed by atoms with van der Waals surface area (Å²) in [6.07, 6.45) is 1.91. The first-order valence-electron chi connectivity index (χ1n) is 10.4. The molecule has 1 unspecified atom stereocenters. The minimum atomic E-state index is -0.617. The molecular weight excluding hydrogens is 431 g/mol. The van der Waals surface area contributed by atoms with Gasteiger partial charge in [0.2, 0.25) is 5.88 Å². The molecule has 1 aromatic carbocycles. The lowest BCUT2D eigenvalue weighted by Gasteiger charge is -2.20. The number of ketones is 1. The largest absolute Gasteiger partial charge is 0.491 e. The molecule has 176 valence electrons. The van der Waals surface area contributed by atoms with Gasteiger partial charge in [-0.25, -0.2) is 13.7 Å². The summed E-state index contributed by atoms with van der Waals surface area (Å²) >= 11 is 0. The van der Waals surface area contributed by atoms with Crippen LogP contribution in [0.1, 0.15) is 56.6 Å². The topological polar surface area (TPSA) is 104 Å². The molecule has 2 aromatic heterocycles. The highest BCUT2D eigenvalue weighted by atomic mass is 19.1. The number of nitrogens with zero attached hydrogens (tertiary/aromatic N) is 3. The van der Waals surface area contributed by atoms with E-state index in [1.54, 1.807) is 40.0 Å². The number of fused-ring (bicyclic) bond motifs is 1. The van der Waals surface area contributed by atoms with E-state index < -0.39 is 23.6 Å². The van der Waals surface area contributed by atoms with Gasteiger partial charge in [-0.3, -0.25) is 4.79 Å². The average Bonchev–Trinajstić information content (AvgIpc) is 3.14. The number of hydrogen-bond acceptors (Lipinski definition) is 7. The first-order chi connectivity index (χ1) is 15.5. The summed E-state index contributed by atoms with van der Waals surface area (Å²) in [7, 11) is 0. The van der Waals surface area contributed by atoms with E-state index in [0.29, 0.717) is 22.5 Å². The molecule has 1 N–H and O–H groups in total. The number of amides is 1. The van der Waals surface area contributed by atoms with Gasteiger partial charge in [0.1, 0.15) is 29.9 Å². The van der Waals surface area contributed by atoms with Crippen LogP contribution in [0.2, 0.25) is 0 Å². The molecule has 1 amide bonds. The predicted octanol–water partition coefficient (Wildman–Crippen LogP) is 4.11. The zero-order valence-electron chi connectivity index (χ0n) is 19.2. The van der Waals surface area contributed by atoms with Crippen molar-refractivity contribution in [2.24, 2.45) is 0 Å². The van der Waals surface area contributed by atoms with Crippen molar-refractivity contribution >= 4 is 17.5 Å². The summed E-state index contributed by atoms with van der Waals surface area (Å²) in [6.45, 7) is 8.83. The lowest BCUT2D eigenvalue weighted by atomic mass is 10.1. The third-order valence-electron chi connectivity index (χ3n) is 4.46. The van der Waals surface area contributed by atoms with Crippen molar-refractivity contribution in [1.82, 2.24) is 19.9 Å². The third-order valence-corrected chi connectivity index (χ3v) is 4.46. The summed E-state index contributed by atoms with van der Waals surface area (Å²) in [5.41, 5.74) is 0.617. The third kappa shape index (κ3) is 6.41. The molecule has 0 saturated heterocycles. The molecule has 3 aromatic rings. The Hall–Kier alpha value is -3.69. The van der Waals surface area contributed by atoms with Crippen LogP contribution in [0, 0.1) is 5.82 Å². The van der Waals surface area contributed by atoms with Crippen LogP contribution in [-0.2, 0) is 4.74 Å². The van der Waals surface area contributed by atoms with E-state index >= 15 is 0 Å². The van der Waals surface area contributed by atoms with E-state index in [1.807, 2.05) is 0 Å². The van der Waals surface area contributed by atoms with Crippen LogP contribution < -0.4 is 14.8 Å². The minimum Gasteiger partial charge on any atom is -0.491 e. The Balaban J connectivity index is 1.68. The smallest absolute Gasteiger partial charge is 0.407 e. The van der Waals surface area contributed by atoms with Crippen LogP contribution >= 0.6 is 0 Å². The Labute approximate surface area is 190 Å². The highest BCUT2D eigenvalue weighted by Crippen LogP contribution is 2.29. The highest BCUT2D eigenvalue weighted by molar-refractivity contribution is 5.99. The zero-order chi connectivity index (χ0) is 24.2. The second kappa shape index (κ2) is 9.85. The average molecular weight is 458 g/mol. The van der Waals surface area contributed by atoms with Gasteiger partial charge in [0.15, 0.2) is 11.4 Å². The number of rotatable bonds is 8. The van der Waals surface area contributed by atoms with Gasteiger partial charge in [-0.05, 0) is 52.8 Å². The Bertz CT molecular complexity index is 1160. The second-order valence-electron chi connectivity index (χ2n) is 8.37. The predicted molar refractivity (Wildman–Crippen MR) is 118 cm³/mol. The number of benzene rings is 1. The molecule has 0 saturated carbocycles. The monoisotopic (exact) mass is 458 g/mol. The molecule has 10 heteroatoms. The van der Waals surface area contributed by atoms with Gasteiger partial charge in [-0.2, -0.15) is 10.1 Å². The Kier molecular flexibility index (Phi) is 7.15. The van der Waals surface area contributed by atoms with E-state index in [0.717, 1.165) is 0 Å². The van der Waals surface area contributed by atoms with Crippen LogP contribution in [-0.4, -0.2) is 45.2 Å². The van der Waals surface area contributed by atoms with Gasteiger partial charge < -0.3 is 19.5 Å². The Morgan fingerprint density at radius 3 is 2.70 bits per heavy atom. The molecule has 1 atom stereocenters. The van der Waals surface area contributed by atoms with Crippen molar-refractivity contribution in [2.45, 2.75) is 46.3 Å². The highest BCUT2D eigenvalue weighted by Gasteiger charge is 2.18. The summed E-state index contributed by atoms with van der Waals surface area (Å²) in [5, 5.41) is 6.69. The summed E-state index contributed by atoms with van der Waals surface area (Å²) in [4.78, 5) is 27.9. The molecule has 0 aliphatic carbocycles. The lowest BCUT2D eigenvalue weighted by molar-refractivity contribution is 0.0519. The molecular formula is C23H27FN4O5. The number of halogens is 1. The molecule has 9 nitrogen and oxygen atoms in total. The van der Waals surface area contributed by atoms with Crippen molar-refractivity contribution in [1.29, 1.82) is 0 Å². The number of aromatic nitrogens is 3. The molecule has 0 bridgehead atoms. The normalized spacial score (nSPS) is 12.3. The van der Waals surface area contributed by atoms with E-state index in [2.05, 4.69) is 15.4 Å². The summed E-state index contributed by atoms with van der Waals surface area (Å²) < 4.78 is 32.3. The SMILES string of the molecule is CC(=O)c1cnn2ccc(OC(C)c3cc(F)ccc3OCCNC(=O)OC(C)(C)C)nc12. The van der Waals surface area contributed by atoms with Gasteiger partial charge in [0, 0.05) is 17.8 Å². The first kappa shape index (κ1) is 24.0. The van der Waals surface area contributed by atoms with Crippen LogP contribution in [0.5, 0.6) is 11.6 Å². The molecule has 33 heavy (non-hydrogen) atoms. The van der Waals surface area contributed by atoms with Crippen LogP contribution in [0.25, 0.3) is 5.65 Å². The number of alkyl carbamates (subject to hydrolysis) is 1. The maximum Gasteiger partial charge on any atom is 0.407 e. The summed E-state index contributed by atoms with van der Waals surface area (Å²) in [6, 6.07) is 5.70. The molecule has 2 heterocycles. The van der Waals surface area contributed by atoms with Crippen LogP contribution in [0.15, 0.2) is 36.7 Å². The van der Waals surface area contributed by atoms with Crippen LogP contribution in [0.3, 0.4) is 0 Å². The maximum atomic E-state index is 14.0. The Morgan fingerprint density at radius 2 is 2.00 bits per heavy atom. The molecule has 0 spiro atoms. The molecule has 0 aliphatic heterocycles. The molecule has 0 aliphatic rings. The summed E-state index contributed by atoms with van der Waals surface area (Å²) in [5.74, 6) is 0.0470. The molecule has 0 radical (unpaired) electrons. The zero-order valence-corrected chi connectivity index (χ0v) is 19.2. The van der Waals surface area contributed by atoms with Gasteiger partial charge in [0.25, 0.3) is 0 Å². The van der Waals surface area contributed by atoms with Crippen molar-refractivity contribution in [3.63, 3.8) is 0 Å². The van der Waals surface area contributed by atoms with Crippen molar-refractivity contribution in [3.05, 3.63) is 53.6 Å². The fourth-order valence-electron chi connectivity index (χ4n) is 3.01. The number of ether oxygens (including phenoxy) is 3. The minimum absolute atomic E-state index is 0.145. The second-order valence-corrected chi connectivity index (χ2v) is 8.37. The van der Waals surface area contributed by atoms with E-state index in [1.165, 1.54) is 35.8 Å². The fourth-order valence-corrected chi connectivity index (χ4v) is 3.01. The van der Waals surface area contributed by atoms with E-state index in [9.17, 15) is 14.0 Å². The van der Waals surface area contributed by atoms with Crippen molar-refractivity contribution < 1.29 is 28.2 Å².